The van der Waals surface area contributed by atoms with Crippen LogP contribution in [0.3, 0.4) is 0 Å². The lowest BCUT2D eigenvalue weighted by atomic mass is 9.48. The number of para-hydroxylation sites is 2. The second-order valence-electron chi connectivity index (χ2n) is 12.6. The highest BCUT2D eigenvalue weighted by Crippen LogP contribution is 2.67. The number of rotatable bonds is 3. The van der Waals surface area contributed by atoms with E-state index in [9.17, 15) is 9.59 Å². The van der Waals surface area contributed by atoms with Crippen LogP contribution in [0.2, 0.25) is 0 Å². The number of nitrogens with zero attached hydrogens (tertiary/aromatic N) is 3. The molecule has 192 valence electrons. The molecule has 0 radical (unpaired) electrons. The summed E-state index contributed by atoms with van der Waals surface area (Å²) in [6.07, 6.45) is 8.06. The largest absolute Gasteiger partial charge is 0.319 e. The average molecular weight is 489 g/mol. The predicted octanol–water partition coefficient (Wildman–Crippen LogP) is 5.90. The number of aryl methyl sites for hydroxylation is 1. The first kappa shape index (κ1) is 23.7. The molecule has 2 heterocycles. The first-order valence-electron chi connectivity index (χ1n) is 13.8. The van der Waals surface area contributed by atoms with Gasteiger partial charge in [-0.15, -0.1) is 0 Å². The number of allylic oxidation sites excluding steroid dienone is 2. The summed E-state index contributed by atoms with van der Waals surface area (Å²) in [5, 5.41) is 3.12. The number of carbonyl (C=O) groups excluding carboxylic acids is 2. The fourth-order valence-corrected chi connectivity index (χ4v) is 9.21. The van der Waals surface area contributed by atoms with Gasteiger partial charge in [0.1, 0.15) is 0 Å². The third-order valence-corrected chi connectivity index (χ3v) is 11.0. The number of nitrogens with one attached hydrogen (secondary N) is 1. The van der Waals surface area contributed by atoms with Gasteiger partial charge in [0.15, 0.2) is 0 Å². The summed E-state index contributed by atoms with van der Waals surface area (Å²) in [7, 11) is 3.95. The van der Waals surface area contributed by atoms with Gasteiger partial charge in [0.05, 0.1) is 11.0 Å². The van der Waals surface area contributed by atoms with Gasteiger partial charge in [-0.3, -0.25) is 14.9 Å². The molecule has 2 amide bonds. The molecule has 4 aliphatic rings. The van der Waals surface area contributed by atoms with Crippen molar-refractivity contribution in [3.63, 3.8) is 0 Å². The lowest BCUT2D eigenvalue weighted by molar-refractivity contribution is -0.136. The van der Waals surface area contributed by atoms with Crippen LogP contribution < -0.4 is 5.32 Å². The zero-order valence-corrected chi connectivity index (χ0v) is 22.4. The van der Waals surface area contributed by atoms with Crippen LogP contribution in [0.25, 0.3) is 11.0 Å². The number of carbonyl (C=O) groups is 2. The number of hydrogen-bond acceptors (Lipinski definition) is 3. The molecule has 1 N–H and O–H groups in total. The highest BCUT2D eigenvalue weighted by molar-refractivity contribution is 5.91. The van der Waals surface area contributed by atoms with Crippen LogP contribution in [0.1, 0.15) is 72.1 Å². The first-order chi connectivity index (χ1) is 17.1. The topological polar surface area (TPSA) is 67.2 Å². The molecule has 3 fully saturated rings. The molecular formula is C30H40N4O2. The molecule has 1 aliphatic heterocycles. The Balaban J connectivity index is 1.21. The lowest BCUT2D eigenvalue weighted by Crippen LogP contribution is -2.54. The Kier molecular flexibility index (Phi) is 5.40. The monoisotopic (exact) mass is 488 g/mol. The van der Waals surface area contributed by atoms with Crippen molar-refractivity contribution in [2.24, 2.45) is 41.5 Å². The smallest absolute Gasteiger partial charge is 0.226 e. The van der Waals surface area contributed by atoms with E-state index in [1.165, 1.54) is 30.5 Å². The Morgan fingerprint density at radius 1 is 1.11 bits per heavy atom. The molecule has 2 aromatic rings. The summed E-state index contributed by atoms with van der Waals surface area (Å²) in [6.45, 7) is 7.17. The third kappa shape index (κ3) is 3.32. The van der Waals surface area contributed by atoms with E-state index in [-0.39, 0.29) is 22.6 Å². The van der Waals surface area contributed by atoms with Gasteiger partial charge in [0, 0.05) is 38.0 Å². The number of hydrogen-bond donors (Lipinski definition) is 1. The molecule has 36 heavy (non-hydrogen) atoms. The summed E-state index contributed by atoms with van der Waals surface area (Å²) < 4.78 is 1.97. The van der Waals surface area contributed by atoms with Gasteiger partial charge >= 0.3 is 0 Å². The van der Waals surface area contributed by atoms with Gasteiger partial charge in [-0.2, -0.15) is 0 Å². The van der Waals surface area contributed by atoms with Crippen LogP contribution in [-0.4, -0.2) is 33.3 Å². The van der Waals surface area contributed by atoms with Crippen LogP contribution in [0.4, 0.5) is 5.95 Å². The highest BCUT2D eigenvalue weighted by Gasteiger charge is 2.60. The maximum Gasteiger partial charge on any atom is 0.226 e. The van der Waals surface area contributed by atoms with E-state index < -0.39 is 0 Å². The summed E-state index contributed by atoms with van der Waals surface area (Å²) in [5.74, 6) is 3.35. The second kappa shape index (κ2) is 8.19. The normalized spacial score (nSPS) is 36.0. The molecule has 3 aliphatic carbocycles. The van der Waals surface area contributed by atoms with E-state index in [2.05, 4.69) is 31.1 Å². The number of fused-ring (bicyclic) bond motifs is 6. The van der Waals surface area contributed by atoms with Crippen molar-refractivity contribution in [2.45, 2.75) is 72.1 Å². The summed E-state index contributed by atoms with van der Waals surface area (Å²) in [5.41, 5.74) is 4.98. The van der Waals surface area contributed by atoms with Gasteiger partial charge in [-0.25, -0.2) is 4.98 Å². The van der Waals surface area contributed by atoms with Crippen molar-refractivity contribution in [3.05, 3.63) is 35.5 Å². The standard InChI is InChI=1S/C30H40N4O2/c1-18-16-20-21-11-10-19(17-25(35)32-28-31-23-8-6-7-9-24(23)33(28)4)29(21,2)14-12-22(20)30(3)15-13-26(36)34(5)27(18)30/h6-9,19-22H,10-17H2,1-5H3,(H,31,32,35)/t19-,20+,21+,22+,29-,30-/m1/s1. The minimum absolute atomic E-state index is 0.0868. The number of benzene rings is 1. The molecular weight excluding hydrogens is 448 g/mol. The Morgan fingerprint density at radius 2 is 1.89 bits per heavy atom. The second-order valence-corrected chi connectivity index (χ2v) is 12.6. The first-order valence-corrected chi connectivity index (χ1v) is 13.8. The van der Waals surface area contributed by atoms with E-state index in [0.717, 1.165) is 30.3 Å². The molecule has 6 atom stereocenters. The molecule has 2 saturated carbocycles. The van der Waals surface area contributed by atoms with Crippen molar-refractivity contribution < 1.29 is 9.59 Å². The zero-order valence-electron chi connectivity index (χ0n) is 22.4. The highest BCUT2D eigenvalue weighted by atomic mass is 16.2. The van der Waals surface area contributed by atoms with Gasteiger partial charge < -0.3 is 9.47 Å². The summed E-state index contributed by atoms with van der Waals surface area (Å²) >= 11 is 0. The number of imidazole rings is 1. The average Bonchev–Trinajstić information content (AvgIpc) is 3.33. The van der Waals surface area contributed by atoms with Crippen LogP contribution in [0.15, 0.2) is 35.5 Å². The van der Waals surface area contributed by atoms with Crippen LogP contribution in [0, 0.1) is 34.5 Å². The minimum atomic E-state index is 0.0868. The third-order valence-electron chi connectivity index (χ3n) is 11.0. The van der Waals surface area contributed by atoms with E-state index in [1.807, 2.05) is 47.8 Å². The lowest BCUT2D eigenvalue weighted by Gasteiger charge is -2.59. The number of piperidine rings is 1. The Morgan fingerprint density at radius 3 is 2.67 bits per heavy atom. The van der Waals surface area contributed by atoms with Gasteiger partial charge in [0.2, 0.25) is 17.8 Å². The van der Waals surface area contributed by atoms with Crippen molar-refractivity contribution in [1.82, 2.24) is 14.5 Å². The fraction of sp³-hybridized carbons (Fsp3) is 0.633. The van der Waals surface area contributed by atoms with Gasteiger partial charge in [-0.05, 0) is 86.7 Å². The Hall–Kier alpha value is -2.63. The summed E-state index contributed by atoms with van der Waals surface area (Å²) in [4.78, 5) is 32.4. The SMILES string of the molecule is CC1=C2N(C)C(=O)CC[C@]2(C)[C@H]2CC[C@]3(C)[C@@H](CC(=O)Nc4nc5ccccc5n4C)CC[C@H]3[C@@H]2C1. The van der Waals surface area contributed by atoms with Crippen LogP contribution in [0.5, 0.6) is 0 Å². The number of likely N-dealkylation sites (tertiary alicyclic amines) is 1. The van der Waals surface area contributed by atoms with Gasteiger partial charge in [-0.1, -0.05) is 31.6 Å². The van der Waals surface area contributed by atoms with Crippen molar-refractivity contribution >= 4 is 28.8 Å². The van der Waals surface area contributed by atoms with E-state index in [0.29, 0.717) is 42.5 Å². The quantitative estimate of drug-likeness (QED) is 0.585. The molecule has 0 bridgehead atoms. The van der Waals surface area contributed by atoms with Crippen LogP contribution >= 0.6 is 0 Å². The number of amides is 2. The molecule has 6 rings (SSSR count). The maximum atomic E-state index is 13.2. The molecule has 1 saturated heterocycles. The van der Waals surface area contributed by atoms with E-state index in [4.69, 9.17) is 0 Å². The van der Waals surface area contributed by atoms with Crippen molar-refractivity contribution in [2.75, 3.05) is 12.4 Å². The van der Waals surface area contributed by atoms with E-state index >= 15 is 0 Å². The number of anilines is 1. The van der Waals surface area contributed by atoms with Crippen molar-refractivity contribution in [1.29, 1.82) is 0 Å². The maximum absolute atomic E-state index is 13.2. The molecule has 1 aromatic carbocycles. The van der Waals surface area contributed by atoms with Crippen LogP contribution in [-0.2, 0) is 16.6 Å². The Bertz CT molecular complexity index is 1280. The zero-order chi connectivity index (χ0) is 25.4. The Labute approximate surface area is 214 Å². The van der Waals surface area contributed by atoms with Gasteiger partial charge in [0.25, 0.3) is 0 Å². The molecule has 0 spiro atoms. The van der Waals surface area contributed by atoms with E-state index in [1.54, 1.807) is 0 Å². The predicted molar refractivity (Wildman–Crippen MR) is 142 cm³/mol. The molecule has 1 aromatic heterocycles. The summed E-state index contributed by atoms with van der Waals surface area (Å²) in [6, 6.07) is 8.00. The molecule has 6 nitrogen and oxygen atoms in total. The number of aromatic nitrogens is 2. The van der Waals surface area contributed by atoms with Crippen molar-refractivity contribution in [3.8, 4) is 0 Å². The molecule has 0 unspecified atom stereocenters. The fourth-order valence-electron chi connectivity index (χ4n) is 9.21. The minimum Gasteiger partial charge on any atom is -0.319 e. The molecule has 6 heteroatoms.